The van der Waals surface area contributed by atoms with Gasteiger partial charge in [0.2, 0.25) is 5.95 Å². The Morgan fingerprint density at radius 3 is 2.84 bits per heavy atom. The van der Waals surface area contributed by atoms with Crippen molar-refractivity contribution in [1.29, 1.82) is 0 Å². The van der Waals surface area contributed by atoms with Gasteiger partial charge in [0.05, 0.1) is 0 Å². The van der Waals surface area contributed by atoms with E-state index in [0.717, 1.165) is 18.8 Å². The smallest absolute Gasteiger partial charge is 0.270 e. The zero-order chi connectivity index (χ0) is 14.3. The zero-order valence-electron chi connectivity index (χ0n) is 11.7. The van der Waals surface area contributed by atoms with Gasteiger partial charge in [0.15, 0.2) is 0 Å². The van der Waals surface area contributed by atoms with Gasteiger partial charge in [0.25, 0.3) is 5.91 Å². The third-order valence-corrected chi connectivity index (χ3v) is 2.34. The molecule has 0 aliphatic rings. The zero-order valence-corrected chi connectivity index (χ0v) is 11.7. The highest BCUT2D eigenvalue weighted by Crippen LogP contribution is 2.04. The highest BCUT2D eigenvalue weighted by molar-refractivity contribution is 5.92. The van der Waals surface area contributed by atoms with Crippen molar-refractivity contribution in [2.75, 3.05) is 39.0 Å². The van der Waals surface area contributed by atoms with Gasteiger partial charge in [-0.1, -0.05) is 6.08 Å². The van der Waals surface area contributed by atoms with E-state index < -0.39 is 0 Å². The van der Waals surface area contributed by atoms with E-state index in [1.807, 2.05) is 21.0 Å². The third-order valence-electron chi connectivity index (χ3n) is 2.34. The molecule has 0 saturated carbocycles. The highest BCUT2D eigenvalue weighted by atomic mass is 16.1. The van der Waals surface area contributed by atoms with E-state index in [-0.39, 0.29) is 5.91 Å². The minimum Gasteiger partial charge on any atom is -0.353 e. The molecule has 0 spiro atoms. The summed E-state index contributed by atoms with van der Waals surface area (Å²) in [4.78, 5) is 22.3. The fraction of sp³-hybridized carbons (Fsp3) is 0.462. The molecule has 0 radical (unpaired) electrons. The molecule has 0 bridgehead atoms. The topological polar surface area (TPSA) is 70.2 Å². The Morgan fingerprint density at radius 1 is 1.47 bits per heavy atom. The Hall–Kier alpha value is -1.95. The average molecular weight is 263 g/mol. The van der Waals surface area contributed by atoms with Crippen LogP contribution in [0.2, 0.25) is 0 Å². The molecule has 104 valence electrons. The van der Waals surface area contributed by atoms with Gasteiger partial charge in [0, 0.05) is 25.3 Å². The number of anilines is 1. The number of aromatic nitrogens is 2. The number of carbonyl (C=O) groups is 1. The predicted molar refractivity (Wildman–Crippen MR) is 76.3 cm³/mol. The van der Waals surface area contributed by atoms with Gasteiger partial charge < -0.3 is 15.5 Å². The summed E-state index contributed by atoms with van der Waals surface area (Å²) < 4.78 is 0. The van der Waals surface area contributed by atoms with E-state index in [9.17, 15) is 4.79 Å². The van der Waals surface area contributed by atoms with E-state index in [1.165, 1.54) is 0 Å². The van der Waals surface area contributed by atoms with Crippen LogP contribution in [0.1, 0.15) is 16.2 Å². The Bertz CT molecular complexity index is 445. The molecule has 1 rings (SSSR count). The second kappa shape index (κ2) is 7.48. The number of carbonyl (C=O) groups excluding carboxylic acids is 1. The van der Waals surface area contributed by atoms with Gasteiger partial charge in [-0.15, -0.1) is 6.58 Å². The van der Waals surface area contributed by atoms with Crippen molar-refractivity contribution in [3.63, 3.8) is 0 Å². The van der Waals surface area contributed by atoms with Gasteiger partial charge in [0.1, 0.15) is 5.69 Å². The predicted octanol–water partition coefficient (Wildman–Crippen LogP) is 0.674. The second-order valence-electron chi connectivity index (χ2n) is 4.45. The summed E-state index contributed by atoms with van der Waals surface area (Å²) in [6.07, 6.45) is 1.63. The monoisotopic (exact) mass is 263 g/mol. The summed E-state index contributed by atoms with van der Waals surface area (Å²) in [6, 6.07) is 1.66. The molecule has 0 aliphatic heterocycles. The molecular weight excluding hydrogens is 242 g/mol. The maximum absolute atomic E-state index is 11.8. The number of rotatable bonds is 7. The fourth-order valence-electron chi connectivity index (χ4n) is 1.41. The van der Waals surface area contributed by atoms with Crippen molar-refractivity contribution < 1.29 is 4.79 Å². The number of aryl methyl sites for hydroxylation is 1. The first-order valence-electron chi connectivity index (χ1n) is 6.16. The number of nitrogens with zero attached hydrogens (tertiary/aromatic N) is 3. The minimum atomic E-state index is -0.221. The van der Waals surface area contributed by atoms with Gasteiger partial charge in [-0.25, -0.2) is 9.97 Å². The lowest BCUT2D eigenvalue weighted by atomic mass is 10.3. The lowest BCUT2D eigenvalue weighted by Gasteiger charge is -2.11. The first-order chi connectivity index (χ1) is 9.02. The van der Waals surface area contributed by atoms with Crippen LogP contribution in [0.25, 0.3) is 0 Å². The summed E-state index contributed by atoms with van der Waals surface area (Å²) in [7, 11) is 3.99. The SMILES string of the molecule is C=CCNC(=O)c1cc(C)nc(NCCN(C)C)n1. The van der Waals surface area contributed by atoms with Crippen LogP contribution in [0, 0.1) is 6.92 Å². The third kappa shape index (κ3) is 5.48. The van der Waals surface area contributed by atoms with E-state index in [2.05, 4.69) is 32.1 Å². The number of likely N-dealkylation sites (N-methyl/N-ethyl adjacent to an activating group) is 1. The summed E-state index contributed by atoms with van der Waals surface area (Å²) in [5.41, 5.74) is 1.12. The summed E-state index contributed by atoms with van der Waals surface area (Å²) in [5.74, 6) is 0.256. The van der Waals surface area contributed by atoms with E-state index in [0.29, 0.717) is 18.2 Å². The summed E-state index contributed by atoms with van der Waals surface area (Å²) in [5, 5.41) is 5.80. The molecule has 1 aromatic rings. The quantitative estimate of drug-likeness (QED) is 0.708. The van der Waals surface area contributed by atoms with Crippen molar-refractivity contribution >= 4 is 11.9 Å². The first-order valence-corrected chi connectivity index (χ1v) is 6.16. The molecule has 1 aromatic heterocycles. The molecule has 0 fully saturated rings. The van der Waals surface area contributed by atoms with Gasteiger partial charge in [-0.2, -0.15) is 0 Å². The normalized spacial score (nSPS) is 10.3. The van der Waals surface area contributed by atoms with E-state index >= 15 is 0 Å². The van der Waals surface area contributed by atoms with Crippen LogP contribution < -0.4 is 10.6 Å². The molecule has 0 aromatic carbocycles. The van der Waals surface area contributed by atoms with Crippen LogP contribution in [-0.2, 0) is 0 Å². The van der Waals surface area contributed by atoms with Crippen LogP contribution in [0.5, 0.6) is 0 Å². The molecule has 0 aliphatic carbocycles. The number of hydrogen-bond acceptors (Lipinski definition) is 5. The lowest BCUT2D eigenvalue weighted by Crippen LogP contribution is -2.26. The molecule has 2 N–H and O–H groups in total. The van der Waals surface area contributed by atoms with Crippen molar-refractivity contribution in [3.8, 4) is 0 Å². The number of hydrogen-bond donors (Lipinski definition) is 2. The van der Waals surface area contributed by atoms with Gasteiger partial charge >= 0.3 is 0 Å². The molecule has 0 unspecified atom stereocenters. The average Bonchev–Trinajstić information content (AvgIpc) is 2.34. The lowest BCUT2D eigenvalue weighted by molar-refractivity contribution is 0.0953. The van der Waals surface area contributed by atoms with Crippen LogP contribution in [-0.4, -0.2) is 54.5 Å². The molecule has 0 saturated heterocycles. The van der Waals surface area contributed by atoms with Crippen LogP contribution in [0.3, 0.4) is 0 Å². The van der Waals surface area contributed by atoms with Crippen molar-refractivity contribution in [2.45, 2.75) is 6.92 Å². The summed E-state index contributed by atoms with van der Waals surface area (Å²) in [6.45, 7) is 7.41. The van der Waals surface area contributed by atoms with Crippen LogP contribution in [0.4, 0.5) is 5.95 Å². The van der Waals surface area contributed by atoms with E-state index in [4.69, 9.17) is 0 Å². The maximum Gasteiger partial charge on any atom is 0.270 e. The highest BCUT2D eigenvalue weighted by Gasteiger charge is 2.09. The minimum absolute atomic E-state index is 0.221. The maximum atomic E-state index is 11.8. The molecule has 1 heterocycles. The summed E-state index contributed by atoms with van der Waals surface area (Å²) >= 11 is 0. The molecule has 1 amide bonds. The van der Waals surface area contributed by atoms with Crippen molar-refractivity contribution in [1.82, 2.24) is 20.2 Å². The van der Waals surface area contributed by atoms with Crippen molar-refractivity contribution in [3.05, 3.63) is 30.1 Å². The number of nitrogens with one attached hydrogen (secondary N) is 2. The Labute approximate surface area is 113 Å². The van der Waals surface area contributed by atoms with Gasteiger partial charge in [-0.05, 0) is 27.1 Å². The molecular formula is C13H21N5O. The van der Waals surface area contributed by atoms with Gasteiger partial charge in [-0.3, -0.25) is 4.79 Å². The largest absolute Gasteiger partial charge is 0.353 e. The molecule has 6 heteroatoms. The van der Waals surface area contributed by atoms with Crippen molar-refractivity contribution in [2.24, 2.45) is 0 Å². The Balaban J connectivity index is 2.70. The molecule has 19 heavy (non-hydrogen) atoms. The molecule has 6 nitrogen and oxygen atoms in total. The standard InChI is InChI=1S/C13H21N5O/c1-5-6-14-12(19)11-9-10(2)16-13(17-11)15-7-8-18(3)4/h5,9H,1,6-8H2,2-4H3,(H,14,19)(H,15,16,17). The van der Waals surface area contributed by atoms with Crippen LogP contribution >= 0.6 is 0 Å². The van der Waals surface area contributed by atoms with Crippen LogP contribution in [0.15, 0.2) is 18.7 Å². The number of amides is 1. The van der Waals surface area contributed by atoms with E-state index in [1.54, 1.807) is 12.1 Å². The Kier molecular flexibility index (Phi) is 5.95. The molecule has 0 atom stereocenters. The second-order valence-corrected chi connectivity index (χ2v) is 4.45. The fourth-order valence-corrected chi connectivity index (χ4v) is 1.41. The Morgan fingerprint density at radius 2 is 2.21 bits per heavy atom. The first kappa shape index (κ1) is 15.1.